The third kappa shape index (κ3) is 2.95. The smallest absolute Gasteiger partial charge is 0.310 e. The molecule has 0 atom stereocenters. The van der Waals surface area contributed by atoms with E-state index >= 15 is 0 Å². The number of nitrogens with two attached hydrogens (primary N) is 1. The highest BCUT2D eigenvalue weighted by Crippen LogP contribution is 2.25. The molecule has 1 aromatic rings. The fourth-order valence-corrected chi connectivity index (χ4v) is 1.48. The van der Waals surface area contributed by atoms with Gasteiger partial charge >= 0.3 is 5.97 Å². The minimum Gasteiger partial charge on any atom is -0.506 e. The van der Waals surface area contributed by atoms with Gasteiger partial charge in [-0.05, 0) is 12.5 Å². The molecular formula is C12H14N2O3. The van der Waals surface area contributed by atoms with Gasteiger partial charge in [-0.3, -0.25) is 4.79 Å². The number of aromatic hydroxyl groups is 1. The number of phenols is 1. The summed E-state index contributed by atoms with van der Waals surface area (Å²) in [5.74, 6) is -0.583. The van der Waals surface area contributed by atoms with Gasteiger partial charge in [-0.2, -0.15) is 5.26 Å². The van der Waals surface area contributed by atoms with Crippen molar-refractivity contribution in [3.8, 4) is 11.8 Å². The number of carbonyl (C=O) groups excluding carboxylic acids is 1. The Bertz CT molecular complexity index is 464. The number of nitriles is 1. The predicted octanol–water partition coefficient (Wildman–Crippen LogP) is 0.828. The van der Waals surface area contributed by atoms with Gasteiger partial charge in [0.1, 0.15) is 11.8 Å². The van der Waals surface area contributed by atoms with Crippen LogP contribution in [0.5, 0.6) is 5.75 Å². The highest BCUT2D eigenvalue weighted by atomic mass is 16.5. The Hall–Kier alpha value is -2.06. The number of nitrogens with zero attached hydrogens (tertiary/aromatic N) is 1. The van der Waals surface area contributed by atoms with Gasteiger partial charge in [0.2, 0.25) is 0 Å². The molecule has 0 heterocycles. The zero-order valence-electron chi connectivity index (χ0n) is 9.56. The number of esters is 1. The van der Waals surface area contributed by atoms with Gasteiger partial charge in [0.05, 0.1) is 18.6 Å². The highest BCUT2D eigenvalue weighted by molar-refractivity contribution is 5.74. The summed E-state index contributed by atoms with van der Waals surface area (Å²) in [5.41, 5.74) is 6.42. The molecule has 5 heteroatoms. The lowest BCUT2D eigenvalue weighted by Gasteiger charge is -2.08. The molecule has 0 saturated carbocycles. The van der Waals surface area contributed by atoms with Crippen LogP contribution in [0, 0.1) is 11.3 Å². The molecule has 0 aliphatic carbocycles. The SMILES string of the molecule is CCOC(=O)Cc1ccc(CN)c(O)c1C#N. The second-order valence-corrected chi connectivity index (χ2v) is 3.41. The first-order valence-electron chi connectivity index (χ1n) is 5.23. The van der Waals surface area contributed by atoms with Crippen LogP contribution in [-0.4, -0.2) is 17.7 Å². The molecule has 17 heavy (non-hydrogen) atoms. The van der Waals surface area contributed by atoms with Crippen LogP contribution in [0.15, 0.2) is 12.1 Å². The molecule has 0 saturated heterocycles. The first-order chi connectivity index (χ1) is 8.13. The molecule has 3 N–H and O–H groups in total. The maximum atomic E-state index is 11.3. The molecule has 0 amide bonds. The third-order valence-corrected chi connectivity index (χ3v) is 2.32. The molecule has 0 spiro atoms. The van der Waals surface area contributed by atoms with Crippen LogP contribution < -0.4 is 5.73 Å². The number of ether oxygens (including phenoxy) is 1. The zero-order chi connectivity index (χ0) is 12.8. The topological polar surface area (TPSA) is 96.3 Å². The molecule has 0 fully saturated rings. The van der Waals surface area contributed by atoms with E-state index in [1.165, 1.54) is 0 Å². The van der Waals surface area contributed by atoms with Crippen LogP contribution in [0.3, 0.4) is 0 Å². The van der Waals surface area contributed by atoms with E-state index < -0.39 is 5.97 Å². The Kier molecular flexibility index (Phi) is 4.49. The van der Waals surface area contributed by atoms with E-state index in [1.54, 1.807) is 19.1 Å². The standard InChI is InChI=1S/C12H14N2O3/c1-2-17-11(15)5-8-3-4-9(6-13)12(16)10(8)7-14/h3-4,16H,2,5-6,13H2,1H3. The van der Waals surface area contributed by atoms with Crippen LogP contribution in [0.1, 0.15) is 23.6 Å². The number of rotatable bonds is 4. The Morgan fingerprint density at radius 2 is 2.18 bits per heavy atom. The fourth-order valence-electron chi connectivity index (χ4n) is 1.48. The summed E-state index contributed by atoms with van der Waals surface area (Å²) in [5, 5.41) is 18.7. The Balaban J connectivity index is 3.06. The average Bonchev–Trinajstić information content (AvgIpc) is 2.30. The van der Waals surface area contributed by atoms with Crippen LogP contribution in [0.2, 0.25) is 0 Å². The van der Waals surface area contributed by atoms with Crippen molar-refractivity contribution in [2.24, 2.45) is 5.73 Å². The largest absolute Gasteiger partial charge is 0.506 e. The van der Waals surface area contributed by atoms with Crippen molar-refractivity contribution in [1.29, 1.82) is 5.26 Å². The van der Waals surface area contributed by atoms with Crippen molar-refractivity contribution in [3.63, 3.8) is 0 Å². The van der Waals surface area contributed by atoms with Crippen molar-refractivity contribution < 1.29 is 14.6 Å². The van der Waals surface area contributed by atoms with E-state index in [0.29, 0.717) is 11.1 Å². The van der Waals surface area contributed by atoms with Crippen LogP contribution in [0.25, 0.3) is 0 Å². The summed E-state index contributed by atoms with van der Waals surface area (Å²) in [7, 11) is 0. The van der Waals surface area contributed by atoms with Crippen molar-refractivity contribution in [3.05, 3.63) is 28.8 Å². The number of carbonyl (C=O) groups is 1. The van der Waals surface area contributed by atoms with Crippen molar-refractivity contribution >= 4 is 5.97 Å². The molecule has 0 unspecified atom stereocenters. The van der Waals surface area contributed by atoms with Crippen LogP contribution in [0.4, 0.5) is 0 Å². The van der Waals surface area contributed by atoms with Gasteiger partial charge in [-0.15, -0.1) is 0 Å². The Labute approximate surface area is 99.4 Å². The monoisotopic (exact) mass is 234 g/mol. The second-order valence-electron chi connectivity index (χ2n) is 3.41. The lowest BCUT2D eigenvalue weighted by molar-refractivity contribution is -0.142. The first kappa shape index (κ1) is 13.0. The summed E-state index contributed by atoms with van der Waals surface area (Å²) in [6.45, 7) is 2.13. The number of hydrogen-bond donors (Lipinski definition) is 2. The summed E-state index contributed by atoms with van der Waals surface area (Å²) in [6, 6.07) is 5.08. The van der Waals surface area contributed by atoms with Gasteiger partial charge in [0.25, 0.3) is 0 Å². The minimum absolute atomic E-state index is 0.0326. The zero-order valence-corrected chi connectivity index (χ0v) is 9.56. The first-order valence-corrected chi connectivity index (χ1v) is 5.23. The van der Waals surface area contributed by atoms with Gasteiger partial charge < -0.3 is 15.6 Å². The van der Waals surface area contributed by atoms with E-state index in [1.807, 2.05) is 6.07 Å². The lowest BCUT2D eigenvalue weighted by atomic mass is 10.0. The Morgan fingerprint density at radius 1 is 1.53 bits per heavy atom. The molecule has 0 aliphatic rings. The van der Waals surface area contributed by atoms with E-state index in [2.05, 4.69) is 0 Å². The van der Waals surface area contributed by atoms with Crippen molar-refractivity contribution in [2.45, 2.75) is 19.9 Å². The van der Waals surface area contributed by atoms with Crippen LogP contribution >= 0.6 is 0 Å². The molecule has 0 aromatic heterocycles. The Morgan fingerprint density at radius 3 is 2.71 bits per heavy atom. The highest BCUT2D eigenvalue weighted by Gasteiger charge is 2.14. The second kappa shape index (κ2) is 5.87. The molecule has 1 rings (SSSR count). The van der Waals surface area contributed by atoms with Crippen molar-refractivity contribution in [1.82, 2.24) is 0 Å². The number of hydrogen-bond acceptors (Lipinski definition) is 5. The van der Waals surface area contributed by atoms with E-state index in [-0.39, 0.29) is 30.9 Å². The quantitative estimate of drug-likeness (QED) is 0.752. The summed E-state index contributed by atoms with van der Waals surface area (Å²) in [4.78, 5) is 11.3. The summed E-state index contributed by atoms with van der Waals surface area (Å²) >= 11 is 0. The van der Waals surface area contributed by atoms with E-state index in [0.717, 1.165) is 0 Å². The average molecular weight is 234 g/mol. The minimum atomic E-state index is -0.427. The number of benzene rings is 1. The lowest BCUT2D eigenvalue weighted by Crippen LogP contribution is -2.09. The molecule has 5 nitrogen and oxygen atoms in total. The predicted molar refractivity (Wildman–Crippen MR) is 61.1 cm³/mol. The summed E-state index contributed by atoms with van der Waals surface area (Å²) < 4.78 is 4.79. The van der Waals surface area contributed by atoms with Gasteiger partial charge in [-0.1, -0.05) is 12.1 Å². The maximum Gasteiger partial charge on any atom is 0.310 e. The molecule has 0 aliphatic heterocycles. The molecular weight excluding hydrogens is 220 g/mol. The maximum absolute atomic E-state index is 11.3. The fraction of sp³-hybridized carbons (Fsp3) is 0.333. The normalized spacial score (nSPS) is 9.71. The molecule has 0 radical (unpaired) electrons. The number of phenolic OH excluding ortho intramolecular Hbond substituents is 1. The van der Waals surface area contributed by atoms with Gasteiger partial charge in [0, 0.05) is 12.1 Å². The third-order valence-electron chi connectivity index (χ3n) is 2.32. The van der Waals surface area contributed by atoms with E-state index in [9.17, 15) is 9.90 Å². The molecule has 90 valence electrons. The van der Waals surface area contributed by atoms with Gasteiger partial charge in [0.15, 0.2) is 0 Å². The van der Waals surface area contributed by atoms with Crippen molar-refractivity contribution in [2.75, 3.05) is 6.61 Å². The van der Waals surface area contributed by atoms with Gasteiger partial charge in [-0.25, -0.2) is 0 Å². The molecule has 0 bridgehead atoms. The van der Waals surface area contributed by atoms with Crippen LogP contribution in [-0.2, 0) is 22.5 Å². The summed E-state index contributed by atoms with van der Waals surface area (Å²) in [6.07, 6.45) is -0.0326. The molecule has 1 aromatic carbocycles. The van der Waals surface area contributed by atoms with E-state index in [4.69, 9.17) is 15.7 Å².